The smallest absolute Gasteiger partial charge is 0.261 e. The molecule has 0 aliphatic rings. The maximum atomic E-state index is 12.7. The molecule has 0 bridgehead atoms. The summed E-state index contributed by atoms with van der Waals surface area (Å²) in [6, 6.07) is 14.3. The Balaban J connectivity index is 1.48. The van der Waals surface area contributed by atoms with Gasteiger partial charge in [-0.1, -0.05) is 11.6 Å². The van der Waals surface area contributed by atoms with Crippen LogP contribution >= 0.6 is 11.6 Å². The van der Waals surface area contributed by atoms with Crippen LogP contribution in [0.3, 0.4) is 0 Å². The number of nitrogens with one attached hydrogen (secondary N) is 1. The summed E-state index contributed by atoms with van der Waals surface area (Å²) in [5.41, 5.74) is 2.18. The van der Waals surface area contributed by atoms with E-state index >= 15 is 0 Å². The number of hydrogen-bond acceptors (Lipinski definition) is 7. The minimum atomic E-state index is -3.83. The molecule has 0 spiro atoms. The van der Waals surface area contributed by atoms with Gasteiger partial charge in [-0.05, 0) is 62.4 Å². The van der Waals surface area contributed by atoms with E-state index in [9.17, 15) is 8.42 Å². The fourth-order valence-electron chi connectivity index (χ4n) is 3.10. The van der Waals surface area contributed by atoms with E-state index in [1.807, 2.05) is 19.9 Å². The highest BCUT2D eigenvalue weighted by Crippen LogP contribution is 2.28. The minimum Gasteiger partial charge on any atom is -0.495 e. The van der Waals surface area contributed by atoms with E-state index < -0.39 is 10.0 Å². The van der Waals surface area contributed by atoms with Gasteiger partial charge in [0, 0.05) is 17.4 Å². The summed E-state index contributed by atoms with van der Waals surface area (Å²) in [6.45, 7) is 3.84. The molecule has 0 saturated carbocycles. The summed E-state index contributed by atoms with van der Waals surface area (Å²) >= 11 is 6.05. The second-order valence-electron chi connectivity index (χ2n) is 7.08. The van der Waals surface area contributed by atoms with Gasteiger partial charge in [0.2, 0.25) is 5.88 Å². The molecule has 0 saturated heterocycles. The van der Waals surface area contributed by atoms with Gasteiger partial charge in [0.1, 0.15) is 17.8 Å². The Hall–Kier alpha value is -3.63. The predicted octanol–water partition coefficient (Wildman–Crippen LogP) is 4.53. The average molecular weight is 486 g/mol. The van der Waals surface area contributed by atoms with Crippen LogP contribution in [-0.4, -0.2) is 35.3 Å². The highest BCUT2D eigenvalue weighted by molar-refractivity contribution is 7.92. The lowest BCUT2D eigenvalue weighted by molar-refractivity contribution is 0.414. The van der Waals surface area contributed by atoms with Crippen LogP contribution in [-0.2, 0) is 10.0 Å². The van der Waals surface area contributed by atoms with E-state index in [0.717, 1.165) is 11.4 Å². The summed E-state index contributed by atoms with van der Waals surface area (Å²) in [5.74, 6) is 1.77. The van der Waals surface area contributed by atoms with Gasteiger partial charge in [0.05, 0.1) is 22.7 Å². The molecule has 0 aliphatic heterocycles. The normalized spacial score (nSPS) is 11.3. The number of halogens is 1. The largest absolute Gasteiger partial charge is 0.495 e. The molecule has 0 aliphatic carbocycles. The lowest BCUT2D eigenvalue weighted by Crippen LogP contribution is -2.12. The van der Waals surface area contributed by atoms with Crippen molar-refractivity contribution in [3.8, 4) is 23.2 Å². The summed E-state index contributed by atoms with van der Waals surface area (Å²) < 4.78 is 40.4. The highest BCUT2D eigenvalue weighted by atomic mass is 35.5. The number of anilines is 1. The zero-order valence-electron chi connectivity index (χ0n) is 18.0. The van der Waals surface area contributed by atoms with Crippen molar-refractivity contribution in [1.29, 1.82) is 0 Å². The van der Waals surface area contributed by atoms with E-state index in [0.29, 0.717) is 28.9 Å². The van der Waals surface area contributed by atoms with Gasteiger partial charge in [-0.3, -0.25) is 4.72 Å². The maximum absolute atomic E-state index is 12.7. The summed E-state index contributed by atoms with van der Waals surface area (Å²) in [5, 5.41) is 4.61. The van der Waals surface area contributed by atoms with Crippen LogP contribution in [0.2, 0.25) is 5.02 Å². The molecule has 0 fully saturated rings. The second-order valence-corrected chi connectivity index (χ2v) is 9.17. The van der Waals surface area contributed by atoms with Crippen molar-refractivity contribution in [1.82, 2.24) is 19.7 Å². The second kappa shape index (κ2) is 9.08. The topological polar surface area (TPSA) is 108 Å². The number of hydrogen-bond donors (Lipinski definition) is 1. The summed E-state index contributed by atoms with van der Waals surface area (Å²) in [6.07, 6.45) is 1.39. The zero-order valence-corrected chi connectivity index (χ0v) is 19.6. The Morgan fingerprint density at radius 2 is 1.76 bits per heavy atom. The molecular formula is C22H20ClN5O4S. The van der Waals surface area contributed by atoms with Crippen LogP contribution in [0.25, 0.3) is 5.82 Å². The predicted molar refractivity (Wildman–Crippen MR) is 124 cm³/mol. The van der Waals surface area contributed by atoms with Gasteiger partial charge >= 0.3 is 0 Å². The van der Waals surface area contributed by atoms with E-state index in [1.54, 1.807) is 35.0 Å². The summed E-state index contributed by atoms with van der Waals surface area (Å²) in [7, 11) is -2.37. The van der Waals surface area contributed by atoms with Gasteiger partial charge < -0.3 is 9.47 Å². The van der Waals surface area contributed by atoms with Gasteiger partial charge in [-0.2, -0.15) is 5.10 Å². The molecule has 2 heterocycles. The van der Waals surface area contributed by atoms with Crippen molar-refractivity contribution >= 4 is 27.3 Å². The van der Waals surface area contributed by atoms with Crippen molar-refractivity contribution < 1.29 is 17.9 Å². The maximum Gasteiger partial charge on any atom is 0.261 e. The number of aromatic nitrogens is 4. The Kier molecular flexibility index (Phi) is 6.21. The number of rotatable bonds is 7. The number of ether oxygens (including phenoxy) is 2. The van der Waals surface area contributed by atoms with Crippen molar-refractivity contribution in [2.75, 3.05) is 11.8 Å². The Bertz CT molecular complexity index is 1400. The van der Waals surface area contributed by atoms with E-state index in [-0.39, 0.29) is 9.92 Å². The third-order valence-electron chi connectivity index (χ3n) is 4.62. The third-order valence-corrected chi connectivity index (χ3v) is 6.29. The zero-order chi connectivity index (χ0) is 23.6. The molecule has 4 aromatic rings. The van der Waals surface area contributed by atoms with E-state index in [2.05, 4.69) is 19.8 Å². The van der Waals surface area contributed by atoms with Crippen molar-refractivity contribution in [2.45, 2.75) is 18.7 Å². The molecule has 0 unspecified atom stereocenters. The molecule has 9 nitrogen and oxygen atoms in total. The quantitative estimate of drug-likeness (QED) is 0.409. The molecule has 2 aromatic heterocycles. The Morgan fingerprint density at radius 1 is 1.00 bits per heavy atom. The minimum absolute atomic E-state index is 0.0197. The van der Waals surface area contributed by atoms with Crippen LogP contribution in [0.5, 0.6) is 17.4 Å². The first kappa shape index (κ1) is 22.6. The standard InChI is InChI=1S/C22H20ClN5O4S/c1-14-10-15(2)28(26-14)21-12-22(25-13-24-21)32-17-6-4-16(5-7-17)27-33(29,30)18-8-9-20(31-3)19(23)11-18/h4-13,27H,1-3H3. The highest BCUT2D eigenvalue weighted by Gasteiger charge is 2.16. The lowest BCUT2D eigenvalue weighted by Gasteiger charge is -2.11. The summed E-state index contributed by atoms with van der Waals surface area (Å²) in [4.78, 5) is 8.39. The molecular weight excluding hydrogens is 466 g/mol. The lowest BCUT2D eigenvalue weighted by atomic mass is 10.3. The van der Waals surface area contributed by atoms with Crippen LogP contribution in [0, 0.1) is 13.8 Å². The molecule has 11 heteroatoms. The number of methoxy groups -OCH3 is 1. The molecule has 170 valence electrons. The van der Waals surface area contributed by atoms with Gasteiger partial charge in [-0.25, -0.2) is 23.1 Å². The molecule has 1 N–H and O–H groups in total. The monoisotopic (exact) mass is 485 g/mol. The first-order valence-corrected chi connectivity index (χ1v) is 11.6. The molecule has 0 atom stereocenters. The number of benzene rings is 2. The fourth-order valence-corrected chi connectivity index (χ4v) is 4.51. The Labute approximate surface area is 196 Å². The van der Waals surface area contributed by atoms with E-state index in [4.69, 9.17) is 21.1 Å². The SMILES string of the molecule is COc1ccc(S(=O)(=O)Nc2ccc(Oc3cc(-n4nc(C)cc4C)ncn3)cc2)cc1Cl. The van der Waals surface area contributed by atoms with Crippen molar-refractivity contribution in [3.63, 3.8) is 0 Å². The van der Waals surface area contributed by atoms with Crippen LogP contribution in [0.4, 0.5) is 5.69 Å². The van der Waals surface area contributed by atoms with Crippen molar-refractivity contribution in [3.05, 3.63) is 77.3 Å². The first-order chi connectivity index (χ1) is 15.7. The average Bonchev–Trinajstić information content (AvgIpc) is 3.13. The van der Waals surface area contributed by atoms with E-state index in [1.165, 1.54) is 31.6 Å². The van der Waals surface area contributed by atoms with Gasteiger partial charge in [-0.15, -0.1) is 0 Å². The van der Waals surface area contributed by atoms with Gasteiger partial charge in [0.25, 0.3) is 10.0 Å². The van der Waals surface area contributed by atoms with Crippen LogP contribution < -0.4 is 14.2 Å². The first-order valence-electron chi connectivity index (χ1n) is 9.75. The molecule has 0 radical (unpaired) electrons. The number of aryl methyl sites for hydroxylation is 2. The Morgan fingerprint density at radius 3 is 2.39 bits per heavy atom. The molecule has 33 heavy (non-hydrogen) atoms. The number of nitrogens with zero attached hydrogens (tertiary/aromatic N) is 4. The molecule has 2 aromatic carbocycles. The molecule has 0 amide bonds. The number of sulfonamides is 1. The van der Waals surface area contributed by atoms with Gasteiger partial charge in [0.15, 0.2) is 5.82 Å². The molecule has 4 rings (SSSR count). The van der Waals surface area contributed by atoms with Crippen LogP contribution in [0.1, 0.15) is 11.4 Å². The van der Waals surface area contributed by atoms with Crippen molar-refractivity contribution in [2.24, 2.45) is 0 Å². The van der Waals surface area contributed by atoms with Crippen LogP contribution in [0.15, 0.2) is 65.8 Å². The third kappa shape index (κ3) is 5.07. The fraction of sp³-hybridized carbons (Fsp3) is 0.136.